The Morgan fingerprint density at radius 3 is 2.47 bits per heavy atom. The summed E-state index contributed by atoms with van der Waals surface area (Å²) in [6.07, 6.45) is 2.59. The zero-order valence-corrected chi connectivity index (χ0v) is 10.0. The summed E-state index contributed by atoms with van der Waals surface area (Å²) in [7, 11) is 0. The van der Waals surface area contributed by atoms with Crippen LogP contribution in [0.5, 0.6) is 0 Å². The molecule has 17 heavy (non-hydrogen) atoms. The molecule has 86 valence electrons. The Morgan fingerprint density at radius 2 is 1.65 bits per heavy atom. The molecule has 1 saturated heterocycles. The summed E-state index contributed by atoms with van der Waals surface area (Å²) >= 11 is 0. The minimum atomic E-state index is 1.15. The van der Waals surface area contributed by atoms with Crippen LogP contribution >= 0.6 is 0 Å². The van der Waals surface area contributed by atoms with Gasteiger partial charge in [-0.25, -0.2) is 0 Å². The molecule has 0 unspecified atom stereocenters. The maximum Gasteiger partial charge on any atom is 0.0373 e. The molecule has 0 spiro atoms. The van der Waals surface area contributed by atoms with E-state index in [2.05, 4.69) is 53.9 Å². The van der Waals surface area contributed by atoms with Gasteiger partial charge in [-0.2, -0.15) is 0 Å². The Bertz CT molecular complexity index is 545. The fourth-order valence-corrected chi connectivity index (χ4v) is 2.63. The third-order valence-corrected chi connectivity index (χ3v) is 3.59. The van der Waals surface area contributed by atoms with Crippen molar-refractivity contribution in [3.63, 3.8) is 0 Å². The minimum Gasteiger partial charge on any atom is -0.372 e. The second-order valence-electron chi connectivity index (χ2n) is 4.67. The van der Waals surface area contributed by atoms with Crippen LogP contribution in [0.2, 0.25) is 0 Å². The van der Waals surface area contributed by atoms with E-state index in [0.717, 1.165) is 13.1 Å². The van der Waals surface area contributed by atoms with Crippen molar-refractivity contribution in [1.29, 1.82) is 0 Å². The molecule has 1 nitrogen and oxygen atoms in total. The minimum absolute atomic E-state index is 1.15. The van der Waals surface area contributed by atoms with Crippen molar-refractivity contribution >= 4 is 16.5 Å². The topological polar surface area (TPSA) is 3.24 Å². The smallest absolute Gasteiger partial charge is 0.0373 e. The Balaban J connectivity index is 2.07. The Kier molecular flexibility index (Phi) is 2.60. The van der Waals surface area contributed by atoms with Crippen LogP contribution in [0.15, 0.2) is 49.0 Å². The molecule has 0 radical (unpaired) electrons. The van der Waals surface area contributed by atoms with E-state index in [4.69, 9.17) is 0 Å². The van der Waals surface area contributed by atoms with E-state index >= 15 is 0 Å². The Hall–Kier alpha value is -1.76. The van der Waals surface area contributed by atoms with Gasteiger partial charge in [0.05, 0.1) is 0 Å². The van der Waals surface area contributed by atoms with Gasteiger partial charge in [0.1, 0.15) is 0 Å². The zero-order chi connectivity index (χ0) is 11.7. The predicted molar refractivity (Wildman–Crippen MR) is 73.8 cm³/mol. The van der Waals surface area contributed by atoms with E-state index in [9.17, 15) is 0 Å². The predicted octanol–water partition coefficient (Wildman–Crippen LogP) is 3.91. The maximum absolute atomic E-state index is 4.28. The molecule has 0 atom stereocenters. The average molecular weight is 223 g/mol. The average Bonchev–Trinajstić information content (AvgIpc) is 2.91. The van der Waals surface area contributed by atoms with Crippen LogP contribution < -0.4 is 0 Å². The van der Waals surface area contributed by atoms with E-state index in [1.165, 1.54) is 34.9 Å². The molecule has 0 aromatic heterocycles. The summed E-state index contributed by atoms with van der Waals surface area (Å²) < 4.78 is 0. The molecule has 1 heteroatoms. The van der Waals surface area contributed by atoms with Gasteiger partial charge in [-0.05, 0) is 23.6 Å². The molecule has 0 saturated carbocycles. The lowest BCUT2D eigenvalue weighted by atomic mass is 10.0. The second-order valence-corrected chi connectivity index (χ2v) is 4.67. The van der Waals surface area contributed by atoms with Crippen LogP contribution in [-0.4, -0.2) is 18.0 Å². The number of likely N-dealkylation sites (tertiary alicyclic amines) is 1. The highest BCUT2D eigenvalue weighted by atomic mass is 15.1. The lowest BCUT2D eigenvalue weighted by molar-refractivity contribution is 0.495. The number of hydrogen-bond acceptors (Lipinski definition) is 1. The first-order chi connectivity index (χ1) is 8.36. The molecule has 2 aromatic carbocycles. The van der Waals surface area contributed by atoms with Crippen molar-refractivity contribution in [1.82, 2.24) is 4.90 Å². The van der Waals surface area contributed by atoms with Crippen LogP contribution in [-0.2, 0) is 0 Å². The molecular weight excluding hydrogens is 206 g/mol. The van der Waals surface area contributed by atoms with Gasteiger partial charge >= 0.3 is 0 Å². The maximum atomic E-state index is 4.28. The van der Waals surface area contributed by atoms with Gasteiger partial charge in [-0.1, -0.05) is 49.0 Å². The van der Waals surface area contributed by atoms with E-state index in [0.29, 0.717) is 0 Å². The quantitative estimate of drug-likeness (QED) is 0.746. The first kappa shape index (κ1) is 10.4. The fraction of sp³-hybridized carbons (Fsp3) is 0.250. The number of hydrogen-bond donors (Lipinski definition) is 0. The Morgan fingerprint density at radius 1 is 0.941 bits per heavy atom. The molecule has 1 aliphatic heterocycles. The normalized spacial score (nSPS) is 15.4. The standard InChI is InChI=1S/C16H17N/c1-13(17-11-4-5-12-17)15-10-6-8-14-7-2-3-9-16(14)15/h2-3,6-10H,1,4-5,11-12H2. The van der Waals surface area contributed by atoms with Crippen LogP contribution in [0.1, 0.15) is 18.4 Å². The number of benzene rings is 2. The van der Waals surface area contributed by atoms with Gasteiger partial charge in [0, 0.05) is 24.4 Å². The second kappa shape index (κ2) is 4.25. The van der Waals surface area contributed by atoms with Gasteiger partial charge in [-0.15, -0.1) is 0 Å². The molecule has 1 aliphatic rings. The van der Waals surface area contributed by atoms with Crippen molar-refractivity contribution in [2.45, 2.75) is 12.8 Å². The highest BCUT2D eigenvalue weighted by Gasteiger charge is 2.15. The molecule has 0 amide bonds. The number of fused-ring (bicyclic) bond motifs is 1. The number of nitrogens with zero attached hydrogens (tertiary/aromatic N) is 1. The summed E-state index contributed by atoms with van der Waals surface area (Å²) in [6.45, 7) is 6.59. The molecule has 1 heterocycles. The molecule has 0 aliphatic carbocycles. The molecular formula is C16H17N. The highest BCUT2D eigenvalue weighted by Crippen LogP contribution is 2.28. The van der Waals surface area contributed by atoms with Crippen molar-refractivity contribution in [3.8, 4) is 0 Å². The van der Waals surface area contributed by atoms with Crippen molar-refractivity contribution < 1.29 is 0 Å². The lowest BCUT2D eigenvalue weighted by Crippen LogP contribution is -2.16. The number of rotatable bonds is 2. The molecule has 0 bridgehead atoms. The van der Waals surface area contributed by atoms with Gasteiger partial charge in [0.25, 0.3) is 0 Å². The Labute approximate surface area is 102 Å². The molecule has 2 aromatic rings. The van der Waals surface area contributed by atoms with Gasteiger partial charge < -0.3 is 4.90 Å². The lowest BCUT2D eigenvalue weighted by Gasteiger charge is -2.21. The van der Waals surface area contributed by atoms with Crippen molar-refractivity contribution in [3.05, 3.63) is 54.6 Å². The van der Waals surface area contributed by atoms with E-state index in [1.54, 1.807) is 0 Å². The van der Waals surface area contributed by atoms with Gasteiger partial charge in [-0.3, -0.25) is 0 Å². The third kappa shape index (κ3) is 1.82. The van der Waals surface area contributed by atoms with E-state index in [-0.39, 0.29) is 0 Å². The third-order valence-electron chi connectivity index (χ3n) is 3.59. The van der Waals surface area contributed by atoms with Crippen LogP contribution in [0.3, 0.4) is 0 Å². The summed E-state index contributed by atoms with van der Waals surface area (Å²) in [5.74, 6) is 0. The van der Waals surface area contributed by atoms with Crippen LogP contribution in [0, 0.1) is 0 Å². The van der Waals surface area contributed by atoms with Crippen molar-refractivity contribution in [2.24, 2.45) is 0 Å². The van der Waals surface area contributed by atoms with E-state index in [1.807, 2.05) is 0 Å². The highest BCUT2D eigenvalue weighted by molar-refractivity contribution is 5.93. The molecule has 1 fully saturated rings. The first-order valence-electron chi connectivity index (χ1n) is 6.28. The fourth-order valence-electron chi connectivity index (χ4n) is 2.63. The van der Waals surface area contributed by atoms with Crippen LogP contribution in [0.4, 0.5) is 0 Å². The van der Waals surface area contributed by atoms with Crippen molar-refractivity contribution in [2.75, 3.05) is 13.1 Å². The zero-order valence-electron chi connectivity index (χ0n) is 10.0. The first-order valence-corrected chi connectivity index (χ1v) is 6.28. The summed E-state index contributed by atoms with van der Waals surface area (Å²) in [5, 5.41) is 2.61. The molecule has 3 rings (SSSR count). The summed E-state index contributed by atoms with van der Waals surface area (Å²) in [4.78, 5) is 2.40. The summed E-state index contributed by atoms with van der Waals surface area (Å²) in [6, 6.07) is 15.0. The molecule has 0 N–H and O–H groups in total. The van der Waals surface area contributed by atoms with E-state index < -0.39 is 0 Å². The largest absolute Gasteiger partial charge is 0.372 e. The monoisotopic (exact) mass is 223 g/mol. The summed E-state index contributed by atoms with van der Waals surface area (Å²) in [5.41, 5.74) is 2.46. The van der Waals surface area contributed by atoms with Gasteiger partial charge in [0.2, 0.25) is 0 Å². The van der Waals surface area contributed by atoms with Crippen LogP contribution in [0.25, 0.3) is 16.5 Å². The SMILES string of the molecule is C=C(c1cccc2ccccc12)N1CCCC1. The van der Waals surface area contributed by atoms with Gasteiger partial charge in [0.15, 0.2) is 0 Å².